The molecule has 0 unspecified atom stereocenters. The van der Waals surface area contributed by atoms with Crippen LogP contribution < -0.4 is 15.5 Å². The third-order valence-corrected chi connectivity index (χ3v) is 4.81. The molecular weight excluding hydrogens is 369 g/mol. The molecular formula is C19H18FN3O3S. The van der Waals surface area contributed by atoms with Crippen molar-refractivity contribution in [3.63, 3.8) is 0 Å². The molecule has 0 atom stereocenters. The van der Waals surface area contributed by atoms with E-state index in [4.69, 9.17) is 9.94 Å². The molecule has 0 saturated heterocycles. The molecule has 1 amide bonds. The van der Waals surface area contributed by atoms with Crippen LogP contribution in [-0.2, 0) is 6.54 Å². The number of nitrogens with zero attached hydrogens (tertiary/aromatic N) is 1. The van der Waals surface area contributed by atoms with Crippen LogP contribution in [0, 0.1) is 5.82 Å². The molecule has 0 fully saturated rings. The number of carbonyl (C=O) groups is 1. The van der Waals surface area contributed by atoms with E-state index in [0.29, 0.717) is 30.3 Å². The molecule has 0 aliphatic carbocycles. The number of thiophene rings is 1. The average Bonchev–Trinajstić information content (AvgIpc) is 3.19. The lowest BCUT2D eigenvalue weighted by molar-refractivity contribution is 0.0711. The van der Waals surface area contributed by atoms with Crippen LogP contribution in [0.25, 0.3) is 10.6 Å². The van der Waals surface area contributed by atoms with E-state index in [0.717, 1.165) is 16.1 Å². The molecule has 0 saturated carbocycles. The summed E-state index contributed by atoms with van der Waals surface area (Å²) in [7, 11) is 0. The van der Waals surface area contributed by atoms with Crippen LogP contribution in [0.5, 0.6) is 5.75 Å². The highest BCUT2D eigenvalue weighted by molar-refractivity contribution is 7.17. The number of benzene rings is 1. The second-order valence-electron chi connectivity index (χ2n) is 5.64. The molecule has 1 aromatic carbocycles. The van der Waals surface area contributed by atoms with Crippen molar-refractivity contribution < 1.29 is 19.1 Å². The highest BCUT2D eigenvalue weighted by Crippen LogP contribution is 2.26. The van der Waals surface area contributed by atoms with Gasteiger partial charge in [0.1, 0.15) is 18.2 Å². The van der Waals surface area contributed by atoms with Gasteiger partial charge in [0, 0.05) is 19.3 Å². The van der Waals surface area contributed by atoms with Gasteiger partial charge in [-0.25, -0.2) is 9.87 Å². The van der Waals surface area contributed by atoms with Crippen LogP contribution in [0.1, 0.15) is 15.2 Å². The largest absolute Gasteiger partial charge is 0.492 e. The molecule has 0 radical (unpaired) electrons. The molecule has 140 valence electrons. The fourth-order valence-corrected chi connectivity index (χ4v) is 3.20. The molecule has 6 nitrogen and oxygen atoms in total. The van der Waals surface area contributed by atoms with E-state index in [1.165, 1.54) is 23.5 Å². The maximum atomic E-state index is 12.8. The normalized spacial score (nSPS) is 10.6. The molecule has 0 bridgehead atoms. The van der Waals surface area contributed by atoms with Crippen LogP contribution in [0.2, 0.25) is 0 Å². The summed E-state index contributed by atoms with van der Waals surface area (Å²) in [5, 5.41) is 11.9. The lowest BCUT2D eigenvalue weighted by Gasteiger charge is -2.08. The number of nitrogens with one attached hydrogen (secondary N) is 2. The van der Waals surface area contributed by atoms with Gasteiger partial charge in [0.05, 0.1) is 15.4 Å². The second kappa shape index (κ2) is 9.22. The minimum Gasteiger partial charge on any atom is -0.492 e. The monoisotopic (exact) mass is 387 g/mol. The molecule has 2 aromatic heterocycles. The quantitative estimate of drug-likeness (QED) is 0.314. The Labute approximate surface area is 159 Å². The Bertz CT molecular complexity index is 882. The van der Waals surface area contributed by atoms with Gasteiger partial charge in [-0.15, -0.1) is 11.3 Å². The van der Waals surface area contributed by atoms with Gasteiger partial charge >= 0.3 is 0 Å². The van der Waals surface area contributed by atoms with Gasteiger partial charge in [-0.2, -0.15) is 0 Å². The lowest BCUT2D eigenvalue weighted by atomic mass is 10.2. The van der Waals surface area contributed by atoms with E-state index < -0.39 is 5.91 Å². The molecule has 0 aliphatic rings. The van der Waals surface area contributed by atoms with Gasteiger partial charge in [0.2, 0.25) is 0 Å². The molecule has 0 spiro atoms. The first-order valence-corrected chi connectivity index (χ1v) is 9.06. The standard InChI is InChI=1S/C19H18FN3O3S/c20-14-2-4-15(5-3-14)26-10-9-21-11-13-1-6-16(22-12-13)17-7-8-18(27-17)19(24)23-25/h1-8,12,21,25H,9-11H2,(H,23,24). The van der Waals surface area contributed by atoms with Crippen molar-refractivity contribution in [2.24, 2.45) is 0 Å². The zero-order chi connectivity index (χ0) is 19.1. The number of pyridine rings is 1. The Morgan fingerprint density at radius 1 is 1.15 bits per heavy atom. The minimum atomic E-state index is -0.532. The summed E-state index contributed by atoms with van der Waals surface area (Å²) in [5.41, 5.74) is 3.40. The van der Waals surface area contributed by atoms with Gasteiger partial charge in [0.25, 0.3) is 5.91 Å². The topological polar surface area (TPSA) is 83.5 Å². The van der Waals surface area contributed by atoms with Crippen molar-refractivity contribution in [3.8, 4) is 16.3 Å². The number of aromatic nitrogens is 1. The Balaban J connectivity index is 1.44. The first kappa shape index (κ1) is 19.0. The zero-order valence-electron chi connectivity index (χ0n) is 14.3. The van der Waals surface area contributed by atoms with Gasteiger partial charge < -0.3 is 10.1 Å². The van der Waals surface area contributed by atoms with Crippen molar-refractivity contribution in [2.75, 3.05) is 13.2 Å². The summed E-state index contributed by atoms with van der Waals surface area (Å²) in [4.78, 5) is 17.1. The van der Waals surface area contributed by atoms with E-state index in [9.17, 15) is 9.18 Å². The van der Waals surface area contributed by atoms with Crippen LogP contribution in [-0.4, -0.2) is 29.3 Å². The fraction of sp³-hybridized carbons (Fsp3) is 0.158. The van der Waals surface area contributed by atoms with Crippen molar-refractivity contribution >= 4 is 17.2 Å². The number of amides is 1. The maximum Gasteiger partial charge on any atom is 0.284 e. The summed E-state index contributed by atoms with van der Waals surface area (Å²) in [6.07, 6.45) is 1.77. The summed E-state index contributed by atoms with van der Waals surface area (Å²) in [6.45, 7) is 1.76. The van der Waals surface area contributed by atoms with Crippen LogP contribution in [0.3, 0.4) is 0 Å². The van der Waals surface area contributed by atoms with Crippen molar-refractivity contribution in [2.45, 2.75) is 6.54 Å². The summed E-state index contributed by atoms with van der Waals surface area (Å²) in [6, 6.07) is 13.2. The third-order valence-electron chi connectivity index (χ3n) is 3.70. The molecule has 3 N–H and O–H groups in total. The van der Waals surface area contributed by atoms with Crippen LogP contribution >= 0.6 is 11.3 Å². The SMILES string of the molecule is O=C(NO)c1ccc(-c2ccc(CNCCOc3ccc(F)cc3)cn2)s1. The average molecular weight is 387 g/mol. The van der Waals surface area contributed by atoms with Crippen molar-refractivity contribution in [1.82, 2.24) is 15.8 Å². The number of hydroxylamine groups is 1. The number of ether oxygens (including phenoxy) is 1. The second-order valence-corrected chi connectivity index (χ2v) is 6.72. The predicted molar refractivity (Wildman–Crippen MR) is 100 cm³/mol. The van der Waals surface area contributed by atoms with Crippen LogP contribution in [0.4, 0.5) is 4.39 Å². The number of hydrogen-bond donors (Lipinski definition) is 3. The zero-order valence-corrected chi connectivity index (χ0v) is 15.1. The van der Waals surface area contributed by atoms with Gasteiger partial charge in [-0.05, 0) is 48.0 Å². The lowest BCUT2D eigenvalue weighted by Crippen LogP contribution is -2.20. The van der Waals surface area contributed by atoms with Gasteiger partial charge in [-0.3, -0.25) is 15.0 Å². The van der Waals surface area contributed by atoms with E-state index in [1.54, 1.807) is 35.9 Å². The van der Waals surface area contributed by atoms with E-state index >= 15 is 0 Å². The highest BCUT2D eigenvalue weighted by Gasteiger charge is 2.10. The van der Waals surface area contributed by atoms with Crippen LogP contribution in [0.15, 0.2) is 54.7 Å². The number of rotatable bonds is 8. The molecule has 2 heterocycles. The Hall–Kier alpha value is -2.81. The third kappa shape index (κ3) is 5.33. The molecule has 0 aliphatic heterocycles. The van der Waals surface area contributed by atoms with E-state index in [1.807, 2.05) is 12.1 Å². The van der Waals surface area contributed by atoms with Crippen molar-refractivity contribution in [3.05, 3.63) is 71.0 Å². The summed E-state index contributed by atoms with van der Waals surface area (Å²) >= 11 is 1.26. The fourth-order valence-electron chi connectivity index (χ4n) is 2.33. The van der Waals surface area contributed by atoms with Gasteiger partial charge in [-0.1, -0.05) is 6.07 Å². The Morgan fingerprint density at radius 2 is 1.96 bits per heavy atom. The number of carbonyl (C=O) groups excluding carboxylic acids is 1. The summed E-state index contributed by atoms with van der Waals surface area (Å²) < 4.78 is 18.3. The maximum absolute atomic E-state index is 12.8. The first-order chi connectivity index (χ1) is 13.2. The summed E-state index contributed by atoms with van der Waals surface area (Å²) in [5.74, 6) is -0.184. The molecule has 27 heavy (non-hydrogen) atoms. The molecule has 8 heteroatoms. The van der Waals surface area contributed by atoms with E-state index in [-0.39, 0.29) is 5.82 Å². The molecule has 3 rings (SSSR count). The smallest absolute Gasteiger partial charge is 0.284 e. The Kier molecular flexibility index (Phi) is 6.48. The minimum absolute atomic E-state index is 0.285. The highest BCUT2D eigenvalue weighted by atomic mass is 32.1. The van der Waals surface area contributed by atoms with Crippen molar-refractivity contribution in [1.29, 1.82) is 0 Å². The number of hydrogen-bond acceptors (Lipinski definition) is 6. The van der Waals surface area contributed by atoms with Gasteiger partial charge in [0.15, 0.2) is 0 Å². The predicted octanol–water partition coefficient (Wildman–Crippen LogP) is 3.24. The van der Waals surface area contributed by atoms with E-state index in [2.05, 4.69) is 10.3 Å². The molecule has 3 aromatic rings. The Morgan fingerprint density at radius 3 is 2.67 bits per heavy atom. The first-order valence-electron chi connectivity index (χ1n) is 8.24. The number of halogens is 1.